The Morgan fingerprint density at radius 1 is 1.38 bits per heavy atom. The summed E-state index contributed by atoms with van der Waals surface area (Å²) >= 11 is 0. The Balaban J connectivity index is 2.33. The van der Waals surface area contributed by atoms with Gasteiger partial charge < -0.3 is 21.5 Å². The van der Waals surface area contributed by atoms with Gasteiger partial charge in [-0.05, 0) is 19.3 Å². The van der Waals surface area contributed by atoms with Crippen LogP contribution in [0.15, 0.2) is 0 Å². The van der Waals surface area contributed by atoms with Crippen LogP contribution in [0.2, 0.25) is 0 Å². The van der Waals surface area contributed by atoms with Crippen molar-refractivity contribution in [3.05, 3.63) is 0 Å². The summed E-state index contributed by atoms with van der Waals surface area (Å²) in [4.78, 5) is 32.5. The van der Waals surface area contributed by atoms with Crippen molar-refractivity contribution in [1.82, 2.24) is 10.6 Å². The highest BCUT2D eigenvalue weighted by Gasteiger charge is 2.26. The average Bonchev–Trinajstić information content (AvgIpc) is 2.95. The van der Waals surface area contributed by atoms with Crippen molar-refractivity contribution in [1.29, 1.82) is 0 Å². The molecule has 3 amide bonds. The third-order valence-electron chi connectivity index (χ3n) is 2.20. The van der Waals surface area contributed by atoms with Crippen LogP contribution in [0.25, 0.3) is 0 Å². The Morgan fingerprint density at radius 3 is 2.44 bits per heavy atom. The molecule has 1 saturated carbocycles. The summed E-state index contributed by atoms with van der Waals surface area (Å²) in [6.45, 7) is 0. The van der Waals surface area contributed by atoms with Crippen LogP contribution in [0, 0.1) is 0 Å². The molecule has 7 heteroatoms. The summed E-state index contributed by atoms with van der Waals surface area (Å²) in [5, 5.41) is 13.7. The summed E-state index contributed by atoms with van der Waals surface area (Å²) in [5.74, 6) is -1.76. The third-order valence-corrected chi connectivity index (χ3v) is 2.20. The van der Waals surface area contributed by atoms with Gasteiger partial charge in [-0.15, -0.1) is 0 Å². The molecule has 0 aromatic heterocycles. The number of primary amides is 1. The molecule has 7 nitrogen and oxygen atoms in total. The van der Waals surface area contributed by atoms with E-state index in [2.05, 4.69) is 10.6 Å². The summed E-state index contributed by atoms with van der Waals surface area (Å²) in [7, 11) is 0. The third kappa shape index (κ3) is 4.63. The lowest BCUT2D eigenvalue weighted by atomic mass is 10.1. The maximum absolute atomic E-state index is 11.3. The quantitative estimate of drug-likeness (QED) is 0.474. The zero-order valence-electron chi connectivity index (χ0n) is 8.73. The van der Waals surface area contributed by atoms with Crippen LogP contribution >= 0.6 is 0 Å². The van der Waals surface area contributed by atoms with Gasteiger partial charge in [-0.2, -0.15) is 0 Å². The topological polar surface area (TPSA) is 122 Å². The predicted molar refractivity (Wildman–Crippen MR) is 54.5 cm³/mol. The van der Waals surface area contributed by atoms with Crippen LogP contribution in [0.5, 0.6) is 0 Å². The van der Waals surface area contributed by atoms with Crippen molar-refractivity contribution in [3.8, 4) is 0 Å². The number of carbonyl (C=O) groups excluding carboxylic acids is 2. The maximum atomic E-state index is 11.3. The van der Waals surface area contributed by atoms with Crippen molar-refractivity contribution in [2.24, 2.45) is 5.73 Å². The lowest BCUT2D eigenvalue weighted by Crippen LogP contribution is -2.46. The standard InChI is InChI=1S/C9H15N3O4/c10-7(13)4-3-6(8(14)15)12-9(16)11-5-1-2-5/h5-6H,1-4H2,(H2,10,13)(H,14,15)(H2,11,12,16)/t6-/m0/s1. The van der Waals surface area contributed by atoms with E-state index in [-0.39, 0.29) is 18.9 Å². The minimum atomic E-state index is -1.17. The van der Waals surface area contributed by atoms with Crippen molar-refractivity contribution < 1.29 is 19.5 Å². The highest BCUT2D eigenvalue weighted by Crippen LogP contribution is 2.18. The first kappa shape index (κ1) is 12.3. The number of carboxylic acid groups (broad SMARTS) is 1. The van der Waals surface area contributed by atoms with Crippen LogP contribution in [-0.4, -0.2) is 35.1 Å². The van der Waals surface area contributed by atoms with E-state index in [1.807, 2.05) is 0 Å². The number of rotatable bonds is 6. The number of urea groups is 1. The first-order valence-corrected chi connectivity index (χ1v) is 5.07. The van der Waals surface area contributed by atoms with Gasteiger partial charge in [0.15, 0.2) is 0 Å². The lowest BCUT2D eigenvalue weighted by Gasteiger charge is -2.14. The van der Waals surface area contributed by atoms with Gasteiger partial charge in [0.05, 0.1) is 0 Å². The number of aliphatic carboxylic acids is 1. The molecule has 0 heterocycles. The minimum absolute atomic E-state index is 0.00273. The predicted octanol–water partition coefficient (Wildman–Crippen LogP) is -0.833. The smallest absolute Gasteiger partial charge is 0.326 e. The molecule has 90 valence electrons. The second kappa shape index (κ2) is 5.34. The van der Waals surface area contributed by atoms with Crippen molar-refractivity contribution >= 4 is 17.9 Å². The fourth-order valence-corrected chi connectivity index (χ4v) is 1.16. The van der Waals surface area contributed by atoms with Crippen LogP contribution in [0.4, 0.5) is 4.79 Å². The van der Waals surface area contributed by atoms with Crippen molar-refractivity contribution in [2.45, 2.75) is 37.8 Å². The molecule has 5 N–H and O–H groups in total. The molecule has 0 spiro atoms. The van der Waals surface area contributed by atoms with E-state index in [9.17, 15) is 14.4 Å². The zero-order valence-corrected chi connectivity index (χ0v) is 8.73. The number of nitrogens with two attached hydrogens (primary N) is 1. The second-order valence-corrected chi connectivity index (χ2v) is 3.79. The number of nitrogens with one attached hydrogen (secondary N) is 2. The number of carbonyl (C=O) groups is 3. The molecule has 0 aliphatic heterocycles. The van der Waals surface area contributed by atoms with E-state index in [0.29, 0.717) is 0 Å². The van der Waals surface area contributed by atoms with Gasteiger partial charge in [-0.25, -0.2) is 9.59 Å². The lowest BCUT2D eigenvalue weighted by molar-refractivity contribution is -0.139. The van der Waals surface area contributed by atoms with E-state index in [4.69, 9.17) is 10.8 Å². The molecule has 0 radical (unpaired) electrons. The Kier molecular flexibility index (Phi) is 4.10. The van der Waals surface area contributed by atoms with Gasteiger partial charge >= 0.3 is 12.0 Å². The SMILES string of the molecule is NC(=O)CC[C@H](NC(=O)NC1CC1)C(=O)O. The highest BCUT2D eigenvalue weighted by atomic mass is 16.4. The molecule has 1 fully saturated rings. The monoisotopic (exact) mass is 229 g/mol. The fourth-order valence-electron chi connectivity index (χ4n) is 1.16. The van der Waals surface area contributed by atoms with Gasteiger partial charge in [0.1, 0.15) is 6.04 Å². The van der Waals surface area contributed by atoms with Crippen LogP contribution in [-0.2, 0) is 9.59 Å². The first-order valence-electron chi connectivity index (χ1n) is 5.07. The van der Waals surface area contributed by atoms with E-state index in [1.165, 1.54) is 0 Å². The van der Waals surface area contributed by atoms with Gasteiger partial charge in [-0.3, -0.25) is 4.79 Å². The summed E-state index contributed by atoms with van der Waals surface area (Å²) in [5.41, 5.74) is 4.90. The fraction of sp³-hybridized carbons (Fsp3) is 0.667. The molecule has 1 aliphatic carbocycles. The molecule has 1 aliphatic rings. The minimum Gasteiger partial charge on any atom is -0.480 e. The number of hydrogen-bond donors (Lipinski definition) is 4. The van der Waals surface area contributed by atoms with E-state index in [0.717, 1.165) is 12.8 Å². The molecular weight excluding hydrogens is 214 g/mol. The van der Waals surface area contributed by atoms with Gasteiger partial charge in [-0.1, -0.05) is 0 Å². The Morgan fingerprint density at radius 2 is 2.00 bits per heavy atom. The molecule has 0 aromatic rings. The van der Waals surface area contributed by atoms with Crippen LogP contribution in [0.1, 0.15) is 25.7 Å². The van der Waals surface area contributed by atoms with Crippen molar-refractivity contribution in [2.75, 3.05) is 0 Å². The maximum Gasteiger partial charge on any atom is 0.326 e. The molecule has 0 saturated heterocycles. The largest absolute Gasteiger partial charge is 0.480 e. The molecule has 0 bridgehead atoms. The summed E-state index contributed by atoms with van der Waals surface area (Å²) in [6, 6.07) is -1.43. The van der Waals surface area contributed by atoms with Crippen molar-refractivity contribution in [3.63, 3.8) is 0 Å². The molecule has 1 atom stereocenters. The summed E-state index contributed by atoms with van der Waals surface area (Å²) in [6.07, 6.45) is 1.78. The van der Waals surface area contributed by atoms with Gasteiger partial charge in [0.2, 0.25) is 5.91 Å². The van der Waals surface area contributed by atoms with E-state index in [1.54, 1.807) is 0 Å². The van der Waals surface area contributed by atoms with Crippen LogP contribution < -0.4 is 16.4 Å². The molecule has 0 unspecified atom stereocenters. The summed E-state index contributed by atoms with van der Waals surface area (Å²) < 4.78 is 0. The normalized spacial score (nSPS) is 16.2. The zero-order chi connectivity index (χ0) is 12.1. The van der Waals surface area contributed by atoms with E-state index >= 15 is 0 Å². The molecule has 16 heavy (non-hydrogen) atoms. The second-order valence-electron chi connectivity index (χ2n) is 3.79. The Labute approximate surface area is 92.4 Å². The van der Waals surface area contributed by atoms with Crippen LogP contribution in [0.3, 0.4) is 0 Å². The number of amides is 3. The average molecular weight is 229 g/mol. The van der Waals surface area contributed by atoms with E-state index < -0.39 is 23.9 Å². The Hall–Kier alpha value is -1.79. The number of hydrogen-bond acceptors (Lipinski definition) is 3. The first-order chi connectivity index (χ1) is 7.49. The number of carboxylic acids is 1. The molecule has 0 aromatic carbocycles. The Bertz CT molecular complexity index is 301. The van der Waals surface area contributed by atoms with Gasteiger partial charge in [0, 0.05) is 12.5 Å². The molecule has 1 rings (SSSR count). The highest BCUT2D eigenvalue weighted by molar-refractivity contribution is 5.83. The van der Waals surface area contributed by atoms with Gasteiger partial charge in [0.25, 0.3) is 0 Å². The molecular formula is C9H15N3O4.